The number of hydrogen-bond acceptors (Lipinski definition) is 3. The lowest BCUT2D eigenvalue weighted by molar-refractivity contribution is -0.130. The summed E-state index contributed by atoms with van der Waals surface area (Å²) in [4.78, 5) is 17.8. The highest BCUT2D eigenvalue weighted by molar-refractivity contribution is 14.0. The lowest BCUT2D eigenvalue weighted by Crippen LogP contribution is -2.42. The standard InChI is InChI=1S/C19H30N4O2.HI/c1-4-20-19(22-16-9-5-6-10-16)21-13-15-8-7-11-17(12-15)25-14-18(24)23(2)3;/h7-8,11-12,16H,4-6,9-10,13-14H2,1-3H3,(H2,20,21,22);1H. The molecule has 2 N–H and O–H groups in total. The maximum Gasteiger partial charge on any atom is 0.259 e. The minimum atomic E-state index is -0.0568. The van der Waals surface area contributed by atoms with E-state index in [0.29, 0.717) is 18.3 Å². The molecule has 1 saturated carbocycles. The number of amides is 1. The van der Waals surface area contributed by atoms with Gasteiger partial charge in [-0.3, -0.25) is 4.79 Å². The average molecular weight is 474 g/mol. The van der Waals surface area contributed by atoms with Crippen LogP contribution < -0.4 is 15.4 Å². The second-order valence-electron chi connectivity index (χ2n) is 6.55. The Labute approximate surface area is 173 Å². The summed E-state index contributed by atoms with van der Waals surface area (Å²) in [6.07, 6.45) is 5.02. The second kappa shape index (κ2) is 12.0. The number of nitrogens with zero attached hydrogens (tertiary/aromatic N) is 2. The summed E-state index contributed by atoms with van der Waals surface area (Å²) < 4.78 is 5.56. The van der Waals surface area contributed by atoms with Crippen molar-refractivity contribution >= 4 is 35.8 Å². The van der Waals surface area contributed by atoms with Gasteiger partial charge in [0.2, 0.25) is 0 Å². The molecule has 0 bridgehead atoms. The Balaban J connectivity index is 0.00000338. The summed E-state index contributed by atoms with van der Waals surface area (Å²) in [7, 11) is 3.44. The lowest BCUT2D eigenvalue weighted by Gasteiger charge is -2.16. The van der Waals surface area contributed by atoms with Crippen LogP contribution >= 0.6 is 24.0 Å². The fourth-order valence-electron chi connectivity index (χ4n) is 2.76. The summed E-state index contributed by atoms with van der Waals surface area (Å²) in [5, 5.41) is 6.82. The number of halogens is 1. The Kier molecular flexibility index (Phi) is 10.4. The molecular formula is C19H31IN4O2. The number of benzene rings is 1. The van der Waals surface area contributed by atoms with Gasteiger partial charge in [0.05, 0.1) is 6.54 Å². The minimum absolute atomic E-state index is 0. The molecule has 1 aliphatic rings. The third-order valence-corrected chi connectivity index (χ3v) is 4.22. The van der Waals surface area contributed by atoms with Gasteiger partial charge in [-0.1, -0.05) is 25.0 Å². The number of carbonyl (C=O) groups is 1. The van der Waals surface area contributed by atoms with Crippen LogP contribution in [-0.4, -0.2) is 50.1 Å². The molecule has 0 atom stereocenters. The van der Waals surface area contributed by atoms with Crippen molar-refractivity contribution in [1.82, 2.24) is 15.5 Å². The molecule has 1 amide bonds. The number of ether oxygens (including phenoxy) is 1. The van der Waals surface area contributed by atoms with Crippen molar-refractivity contribution in [2.24, 2.45) is 4.99 Å². The molecule has 0 radical (unpaired) electrons. The summed E-state index contributed by atoms with van der Waals surface area (Å²) in [5.74, 6) is 1.50. The number of nitrogens with one attached hydrogen (secondary N) is 2. The normalized spacial score (nSPS) is 14.5. The minimum Gasteiger partial charge on any atom is -0.484 e. The van der Waals surface area contributed by atoms with E-state index in [0.717, 1.165) is 18.1 Å². The monoisotopic (exact) mass is 474 g/mol. The number of rotatable bonds is 7. The van der Waals surface area contributed by atoms with Crippen LogP contribution in [-0.2, 0) is 11.3 Å². The van der Waals surface area contributed by atoms with Crippen LogP contribution in [0.5, 0.6) is 5.75 Å². The fourth-order valence-corrected chi connectivity index (χ4v) is 2.76. The molecule has 1 fully saturated rings. The van der Waals surface area contributed by atoms with E-state index in [1.54, 1.807) is 14.1 Å². The Bertz CT molecular complexity index is 587. The van der Waals surface area contributed by atoms with Crippen molar-refractivity contribution in [1.29, 1.82) is 0 Å². The molecule has 0 heterocycles. The van der Waals surface area contributed by atoms with E-state index < -0.39 is 0 Å². The van der Waals surface area contributed by atoms with E-state index in [4.69, 9.17) is 4.74 Å². The van der Waals surface area contributed by atoms with Gasteiger partial charge in [0.15, 0.2) is 12.6 Å². The van der Waals surface area contributed by atoms with Crippen LogP contribution in [0.2, 0.25) is 0 Å². The predicted octanol–water partition coefficient (Wildman–Crippen LogP) is 2.77. The highest BCUT2D eigenvalue weighted by Crippen LogP contribution is 2.18. The Morgan fingerprint density at radius 1 is 1.31 bits per heavy atom. The molecule has 1 aromatic rings. The van der Waals surface area contributed by atoms with Gasteiger partial charge in [-0.15, -0.1) is 24.0 Å². The largest absolute Gasteiger partial charge is 0.484 e. The second-order valence-corrected chi connectivity index (χ2v) is 6.55. The lowest BCUT2D eigenvalue weighted by atomic mass is 10.2. The fraction of sp³-hybridized carbons (Fsp3) is 0.579. The molecule has 2 rings (SSSR count). The summed E-state index contributed by atoms with van der Waals surface area (Å²) in [6.45, 7) is 3.53. The molecule has 7 heteroatoms. The third-order valence-electron chi connectivity index (χ3n) is 4.22. The molecule has 0 spiro atoms. The topological polar surface area (TPSA) is 66.0 Å². The van der Waals surface area contributed by atoms with E-state index in [2.05, 4.69) is 22.5 Å². The van der Waals surface area contributed by atoms with E-state index in [-0.39, 0.29) is 36.5 Å². The molecule has 146 valence electrons. The Morgan fingerprint density at radius 2 is 2.04 bits per heavy atom. The number of aliphatic imine (C=N–C) groups is 1. The van der Waals surface area contributed by atoms with Crippen molar-refractivity contribution in [3.8, 4) is 5.75 Å². The van der Waals surface area contributed by atoms with Crippen LogP contribution in [0.3, 0.4) is 0 Å². The van der Waals surface area contributed by atoms with Crippen LogP contribution in [0.4, 0.5) is 0 Å². The smallest absolute Gasteiger partial charge is 0.259 e. The first-order valence-corrected chi connectivity index (χ1v) is 9.05. The highest BCUT2D eigenvalue weighted by atomic mass is 127. The van der Waals surface area contributed by atoms with Gasteiger partial charge < -0.3 is 20.3 Å². The maximum atomic E-state index is 11.6. The number of carbonyl (C=O) groups excluding carboxylic acids is 1. The first-order chi connectivity index (χ1) is 12.1. The van der Waals surface area contributed by atoms with Gasteiger partial charge >= 0.3 is 0 Å². The molecule has 1 aromatic carbocycles. The van der Waals surface area contributed by atoms with Crippen LogP contribution in [0, 0.1) is 0 Å². The van der Waals surface area contributed by atoms with Gasteiger partial charge in [-0.25, -0.2) is 4.99 Å². The van der Waals surface area contributed by atoms with Gasteiger partial charge in [0.1, 0.15) is 5.75 Å². The van der Waals surface area contributed by atoms with Crippen LogP contribution in [0.15, 0.2) is 29.3 Å². The third kappa shape index (κ3) is 7.80. The number of guanidine groups is 1. The Morgan fingerprint density at radius 3 is 2.69 bits per heavy atom. The molecule has 0 saturated heterocycles. The molecule has 0 unspecified atom stereocenters. The van der Waals surface area contributed by atoms with Gasteiger partial charge in [0, 0.05) is 26.7 Å². The quantitative estimate of drug-likeness (QED) is 0.363. The molecular weight excluding hydrogens is 443 g/mol. The summed E-state index contributed by atoms with van der Waals surface area (Å²) in [5.41, 5.74) is 1.05. The SMILES string of the molecule is CCNC(=NCc1cccc(OCC(=O)N(C)C)c1)NC1CCCC1.I. The zero-order valence-electron chi connectivity index (χ0n) is 16.0. The van der Waals surface area contributed by atoms with Gasteiger partial charge in [-0.2, -0.15) is 0 Å². The first-order valence-electron chi connectivity index (χ1n) is 9.05. The zero-order chi connectivity index (χ0) is 18.1. The van der Waals surface area contributed by atoms with E-state index >= 15 is 0 Å². The molecule has 0 aromatic heterocycles. The van der Waals surface area contributed by atoms with Crippen molar-refractivity contribution in [2.45, 2.75) is 45.2 Å². The Hall–Kier alpha value is -1.51. The maximum absolute atomic E-state index is 11.6. The van der Waals surface area contributed by atoms with E-state index in [9.17, 15) is 4.79 Å². The zero-order valence-corrected chi connectivity index (χ0v) is 18.3. The van der Waals surface area contributed by atoms with Gasteiger partial charge in [-0.05, 0) is 37.5 Å². The average Bonchev–Trinajstić information content (AvgIpc) is 3.11. The van der Waals surface area contributed by atoms with Gasteiger partial charge in [0.25, 0.3) is 5.91 Å². The van der Waals surface area contributed by atoms with Crippen LogP contribution in [0.1, 0.15) is 38.2 Å². The molecule has 1 aliphatic carbocycles. The van der Waals surface area contributed by atoms with Crippen LogP contribution in [0.25, 0.3) is 0 Å². The number of likely N-dealkylation sites (N-methyl/N-ethyl adjacent to an activating group) is 1. The molecule has 0 aliphatic heterocycles. The first kappa shape index (κ1) is 22.5. The van der Waals surface area contributed by atoms with Crippen molar-refractivity contribution in [3.05, 3.63) is 29.8 Å². The van der Waals surface area contributed by atoms with E-state index in [1.165, 1.54) is 30.6 Å². The molecule has 6 nitrogen and oxygen atoms in total. The van der Waals surface area contributed by atoms with E-state index in [1.807, 2.05) is 24.3 Å². The summed E-state index contributed by atoms with van der Waals surface area (Å²) >= 11 is 0. The summed E-state index contributed by atoms with van der Waals surface area (Å²) in [6, 6.07) is 8.27. The highest BCUT2D eigenvalue weighted by Gasteiger charge is 2.15. The van der Waals surface area contributed by atoms with Crippen molar-refractivity contribution in [2.75, 3.05) is 27.2 Å². The van der Waals surface area contributed by atoms with Crippen molar-refractivity contribution in [3.63, 3.8) is 0 Å². The number of hydrogen-bond donors (Lipinski definition) is 2. The van der Waals surface area contributed by atoms with Crippen molar-refractivity contribution < 1.29 is 9.53 Å². The molecule has 26 heavy (non-hydrogen) atoms. The predicted molar refractivity (Wildman–Crippen MR) is 116 cm³/mol.